The average Bonchev–Trinajstić information content (AvgIpc) is 3.45. The molecule has 1 amide bonds. The van der Waals surface area contributed by atoms with Crippen LogP contribution in [0.4, 0.5) is 0 Å². The van der Waals surface area contributed by atoms with Crippen LogP contribution in [0.1, 0.15) is 406 Å². The second kappa shape index (κ2) is 68.8. The van der Waals surface area contributed by atoms with Crippen LogP contribution in [0.2, 0.25) is 0 Å². The summed E-state index contributed by atoms with van der Waals surface area (Å²) in [6.07, 6.45) is 87.0. The monoisotopic (exact) mass is 1110 g/mol. The molecule has 0 saturated carbocycles. The van der Waals surface area contributed by atoms with Gasteiger partial charge in [0.25, 0.3) is 0 Å². The van der Waals surface area contributed by atoms with E-state index >= 15 is 0 Å². The number of amides is 1. The van der Waals surface area contributed by atoms with E-state index in [0.29, 0.717) is 19.4 Å². The average molecular weight is 1110 g/mol. The molecule has 0 fully saturated rings. The first-order valence-corrected chi connectivity index (χ1v) is 36.1. The van der Waals surface area contributed by atoms with Gasteiger partial charge in [-0.25, -0.2) is 0 Å². The Labute approximate surface area is 494 Å². The lowest BCUT2D eigenvalue weighted by Crippen LogP contribution is -2.45. The van der Waals surface area contributed by atoms with Gasteiger partial charge in [0.05, 0.1) is 25.4 Å². The summed E-state index contributed by atoms with van der Waals surface area (Å²) in [5.41, 5.74) is 0. The van der Waals surface area contributed by atoms with E-state index in [4.69, 9.17) is 4.74 Å². The van der Waals surface area contributed by atoms with Crippen molar-refractivity contribution >= 4 is 11.9 Å². The Kier molecular flexibility index (Phi) is 67.4. The zero-order valence-electron chi connectivity index (χ0n) is 53.6. The third kappa shape index (κ3) is 65.4. The molecule has 0 aliphatic heterocycles. The highest BCUT2D eigenvalue weighted by atomic mass is 16.5. The quantitative estimate of drug-likeness (QED) is 0.0320. The summed E-state index contributed by atoms with van der Waals surface area (Å²) < 4.78 is 5.51. The lowest BCUT2D eigenvalue weighted by Gasteiger charge is -2.20. The summed E-state index contributed by atoms with van der Waals surface area (Å²) in [5, 5.41) is 23.1. The van der Waals surface area contributed by atoms with Crippen LogP contribution in [0.3, 0.4) is 0 Å². The third-order valence-corrected chi connectivity index (χ3v) is 17.0. The van der Waals surface area contributed by atoms with Crippen molar-refractivity contribution in [3.05, 3.63) is 24.3 Å². The molecule has 0 aromatic carbocycles. The highest BCUT2D eigenvalue weighted by Gasteiger charge is 2.18. The number of esters is 1. The number of nitrogens with one attached hydrogen (secondary N) is 1. The number of ether oxygens (including phenoxy) is 1. The minimum Gasteiger partial charge on any atom is -0.466 e. The SMILES string of the molecule is CCCCCCCC/C=C\CCCCCCCCCCCC(=O)OCCCCCCCCCCCCCCCCCCCCCCCCCCCCCCCC(=O)NC(CO)C(O)/C=C/CCCCCCCCCCCCCC. The van der Waals surface area contributed by atoms with Crippen LogP contribution < -0.4 is 5.32 Å². The summed E-state index contributed by atoms with van der Waals surface area (Å²) in [4.78, 5) is 24.6. The Morgan fingerprint density at radius 3 is 0.899 bits per heavy atom. The molecule has 2 unspecified atom stereocenters. The highest BCUT2D eigenvalue weighted by Crippen LogP contribution is 2.19. The predicted octanol–water partition coefficient (Wildman–Crippen LogP) is 23.3. The zero-order valence-corrected chi connectivity index (χ0v) is 53.6. The standard InChI is InChI=1S/C73H141NO5/c1-3-5-7-9-11-13-15-17-19-20-32-36-39-43-47-51-55-59-63-67-73(78)79-68-64-60-56-52-48-44-40-37-34-31-29-27-25-23-21-22-24-26-28-30-33-35-38-42-46-50-54-58-62-66-72(77)74-70(69-75)71(76)65-61-57-53-49-45-41-18-16-14-12-10-8-6-4-2/h17,19,61,65,70-71,75-76H,3-16,18,20-60,62-64,66-69H2,1-2H3,(H,74,77)/b19-17-,65-61+. The van der Waals surface area contributed by atoms with Crippen molar-refractivity contribution < 1.29 is 24.5 Å². The first-order valence-electron chi connectivity index (χ1n) is 36.1. The van der Waals surface area contributed by atoms with E-state index < -0.39 is 12.1 Å². The van der Waals surface area contributed by atoms with Crippen molar-refractivity contribution in [2.45, 2.75) is 418 Å². The summed E-state index contributed by atoms with van der Waals surface area (Å²) in [7, 11) is 0. The van der Waals surface area contributed by atoms with Gasteiger partial charge in [0.2, 0.25) is 5.91 Å². The fraction of sp³-hybridized carbons (Fsp3) is 0.918. The summed E-state index contributed by atoms with van der Waals surface area (Å²) in [6.45, 7) is 4.93. The van der Waals surface area contributed by atoms with Gasteiger partial charge in [0.15, 0.2) is 0 Å². The van der Waals surface area contributed by atoms with Gasteiger partial charge in [-0.1, -0.05) is 359 Å². The Hall–Kier alpha value is -1.66. The van der Waals surface area contributed by atoms with Crippen LogP contribution in [0.5, 0.6) is 0 Å². The molecule has 2 atom stereocenters. The van der Waals surface area contributed by atoms with Gasteiger partial charge in [-0.05, 0) is 57.8 Å². The number of unbranched alkanes of at least 4 members (excludes halogenated alkanes) is 55. The Bertz CT molecular complexity index is 1230. The van der Waals surface area contributed by atoms with Gasteiger partial charge in [-0.2, -0.15) is 0 Å². The van der Waals surface area contributed by atoms with Crippen molar-refractivity contribution in [1.29, 1.82) is 0 Å². The van der Waals surface area contributed by atoms with Crippen LogP contribution in [0.15, 0.2) is 24.3 Å². The minimum absolute atomic E-state index is 0.0195. The molecule has 79 heavy (non-hydrogen) atoms. The fourth-order valence-electron chi connectivity index (χ4n) is 11.5. The topological polar surface area (TPSA) is 95.9 Å². The molecule has 3 N–H and O–H groups in total. The molecule has 0 rings (SSSR count). The molecule has 0 aliphatic rings. The first kappa shape index (κ1) is 77.3. The molecular weight excluding hydrogens is 971 g/mol. The van der Waals surface area contributed by atoms with Crippen LogP contribution in [-0.2, 0) is 14.3 Å². The third-order valence-electron chi connectivity index (χ3n) is 17.0. The normalized spacial score (nSPS) is 12.6. The number of aliphatic hydroxyl groups excluding tert-OH is 2. The highest BCUT2D eigenvalue weighted by molar-refractivity contribution is 5.76. The zero-order chi connectivity index (χ0) is 57.1. The van der Waals surface area contributed by atoms with Crippen LogP contribution >= 0.6 is 0 Å². The molecule has 0 bridgehead atoms. The van der Waals surface area contributed by atoms with Gasteiger partial charge in [0, 0.05) is 12.8 Å². The van der Waals surface area contributed by atoms with E-state index in [1.165, 1.54) is 340 Å². The molecule has 0 radical (unpaired) electrons. The van der Waals surface area contributed by atoms with Gasteiger partial charge in [-0.3, -0.25) is 9.59 Å². The summed E-state index contributed by atoms with van der Waals surface area (Å²) in [6, 6.07) is -0.624. The van der Waals surface area contributed by atoms with Crippen LogP contribution in [0.25, 0.3) is 0 Å². The van der Waals surface area contributed by atoms with Gasteiger partial charge in [0.1, 0.15) is 0 Å². The van der Waals surface area contributed by atoms with Crippen LogP contribution in [0, 0.1) is 0 Å². The van der Waals surface area contributed by atoms with Crippen LogP contribution in [-0.4, -0.2) is 47.4 Å². The number of carbonyl (C=O) groups is 2. The van der Waals surface area contributed by atoms with E-state index in [9.17, 15) is 19.8 Å². The van der Waals surface area contributed by atoms with E-state index in [1.807, 2.05) is 6.08 Å². The van der Waals surface area contributed by atoms with E-state index in [-0.39, 0.29) is 18.5 Å². The number of allylic oxidation sites excluding steroid dienone is 3. The lowest BCUT2D eigenvalue weighted by atomic mass is 10.0. The molecule has 0 heterocycles. The Morgan fingerprint density at radius 1 is 0.342 bits per heavy atom. The molecule has 6 heteroatoms. The lowest BCUT2D eigenvalue weighted by molar-refractivity contribution is -0.143. The maximum absolute atomic E-state index is 12.5. The second-order valence-corrected chi connectivity index (χ2v) is 24.9. The molecule has 0 spiro atoms. The number of rotatable bonds is 68. The molecule has 468 valence electrons. The maximum Gasteiger partial charge on any atom is 0.305 e. The fourth-order valence-corrected chi connectivity index (χ4v) is 11.5. The Balaban J connectivity index is 3.33. The van der Waals surface area contributed by atoms with E-state index in [0.717, 1.165) is 38.5 Å². The summed E-state index contributed by atoms with van der Waals surface area (Å²) >= 11 is 0. The van der Waals surface area contributed by atoms with Crippen molar-refractivity contribution in [2.24, 2.45) is 0 Å². The molecule has 0 saturated heterocycles. The minimum atomic E-state index is -0.841. The smallest absolute Gasteiger partial charge is 0.305 e. The van der Waals surface area contributed by atoms with Crippen molar-refractivity contribution in [2.75, 3.05) is 13.2 Å². The number of hydrogen-bond acceptors (Lipinski definition) is 5. The van der Waals surface area contributed by atoms with Gasteiger partial charge in [-0.15, -0.1) is 0 Å². The van der Waals surface area contributed by atoms with Gasteiger partial charge < -0.3 is 20.3 Å². The van der Waals surface area contributed by atoms with E-state index in [2.05, 4.69) is 31.3 Å². The van der Waals surface area contributed by atoms with Crippen molar-refractivity contribution in [3.8, 4) is 0 Å². The molecule has 0 aromatic heterocycles. The van der Waals surface area contributed by atoms with Gasteiger partial charge >= 0.3 is 5.97 Å². The number of hydrogen-bond donors (Lipinski definition) is 3. The summed E-state index contributed by atoms with van der Waals surface area (Å²) in [5.74, 6) is -0.0428. The number of aliphatic hydroxyl groups is 2. The Morgan fingerprint density at radius 2 is 0.595 bits per heavy atom. The van der Waals surface area contributed by atoms with Crippen molar-refractivity contribution in [3.63, 3.8) is 0 Å². The molecule has 0 aliphatic carbocycles. The number of carbonyl (C=O) groups excluding carboxylic acids is 2. The second-order valence-electron chi connectivity index (χ2n) is 24.9. The first-order chi connectivity index (χ1) is 39.0. The largest absolute Gasteiger partial charge is 0.466 e. The maximum atomic E-state index is 12.5. The predicted molar refractivity (Wildman–Crippen MR) is 347 cm³/mol. The molecular formula is C73H141NO5. The molecule has 6 nitrogen and oxygen atoms in total. The van der Waals surface area contributed by atoms with E-state index in [1.54, 1.807) is 6.08 Å². The van der Waals surface area contributed by atoms with Crippen molar-refractivity contribution in [1.82, 2.24) is 5.32 Å². The molecule has 0 aromatic rings.